The van der Waals surface area contributed by atoms with E-state index in [-0.39, 0.29) is 0 Å². The molecular weight excluding hydrogens is 476 g/mol. The second-order valence-corrected chi connectivity index (χ2v) is 10.1. The first kappa shape index (κ1) is 20.7. The summed E-state index contributed by atoms with van der Waals surface area (Å²) in [7, 11) is 0. The first-order valence-corrected chi connectivity index (χ1v) is 13.2. The number of aromatic nitrogens is 3. The standard InChI is InChI=1S/C35H22N4/c1-2-10-23(11-3-1)38-28-15-5-4-13-25(28)26-19-20-31-33(35(26)38)27-14-8-18-32-34(27)39(31)30-17-7-6-16-29(30)37(32)24-12-9-21-36-22-24/h1-22H. The number of hydrogen-bond acceptors (Lipinski definition) is 2. The Labute approximate surface area is 224 Å². The quantitative estimate of drug-likeness (QED) is 0.238. The van der Waals surface area contributed by atoms with Crippen LogP contribution in [0.5, 0.6) is 0 Å². The third kappa shape index (κ3) is 2.65. The van der Waals surface area contributed by atoms with E-state index < -0.39 is 0 Å². The topological polar surface area (TPSA) is 26.0 Å². The number of para-hydroxylation sites is 5. The summed E-state index contributed by atoms with van der Waals surface area (Å²) in [5, 5.41) is 5.05. The fraction of sp³-hybridized carbons (Fsp3) is 0. The molecule has 9 rings (SSSR count). The third-order valence-corrected chi connectivity index (χ3v) is 8.09. The lowest BCUT2D eigenvalue weighted by atomic mass is 10.1. The zero-order valence-corrected chi connectivity index (χ0v) is 21.0. The van der Waals surface area contributed by atoms with Gasteiger partial charge < -0.3 is 14.0 Å². The Morgan fingerprint density at radius 1 is 0.436 bits per heavy atom. The van der Waals surface area contributed by atoms with Crippen molar-refractivity contribution < 1.29 is 0 Å². The van der Waals surface area contributed by atoms with E-state index in [4.69, 9.17) is 0 Å². The summed E-state index contributed by atoms with van der Waals surface area (Å²) >= 11 is 0. The molecule has 39 heavy (non-hydrogen) atoms. The molecule has 0 spiro atoms. The molecule has 4 heterocycles. The first-order valence-electron chi connectivity index (χ1n) is 13.2. The van der Waals surface area contributed by atoms with Crippen LogP contribution in [0.3, 0.4) is 0 Å². The second-order valence-electron chi connectivity index (χ2n) is 10.1. The Bertz CT molecular complexity index is 2220. The highest BCUT2D eigenvalue weighted by Gasteiger charge is 2.29. The predicted octanol–water partition coefficient (Wildman–Crippen LogP) is 9.06. The number of rotatable bonds is 2. The van der Waals surface area contributed by atoms with Crippen LogP contribution in [0.4, 0.5) is 17.1 Å². The van der Waals surface area contributed by atoms with Gasteiger partial charge in [-0.2, -0.15) is 0 Å². The number of hydrogen-bond donors (Lipinski definition) is 0. The molecule has 0 amide bonds. The molecule has 4 heteroatoms. The summed E-state index contributed by atoms with van der Waals surface area (Å²) in [6, 6.07) is 43.6. The fourth-order valence-electron chi connectivity index (χ4n) is 6.60. The van der Waals surface area contributed by atoms with Crippen molar-refractivity contribution in [3.63, 3.8) is 0 Å². The number of anilines is 3. The van der Waals surface area contributed by atoms with E-state index in [0.29, 0.717) is 0 Å². The fourth-order valence-corrected chi connectivity index (χ4v) is 6.60. The average molecular weight is 499 g/mol. The van der Waals surface area contributed by atoms with Crippen LogP contribution >= 0.6 is 0 Å². The maximum Gasteiger partial charge on any atom is 0.0784 e. The lowest BCUT2D eigenvalue weighted by Gasteiger charge is -2.32. The molecule has 3 aromatic heterocycles. The Morgan fingerprint density at radius 2 is 1.18 bits per heavy atom. The number of benzene rings is 5. The molecule has 182 valence electrons. The molecule has 0 fully saturated rings. The summed E-state index contributed by atoms with van der Waals surface area (Å²) in [5.74, 6) is 0. The molecule has 5 aromatic carbocycles. The van der Waals surface area contributed by atoms with Crippen LogP contribution < -0.4 is 4.90 Å². The normalized spacial score (nSPS) is 12.6. The van der Waals surface area contributed by atoms with E-state index >= 15 is 0 Å². The summed E-state index contributed by atoms with van der Waals surface area (Å²) in [4.78, 5) is 6.79. The number of fused-ring (bicyclic) bond motifs is 9. The van der Waals surface area contributed by atoms with Gasteiger partial charge in [0.1, 0.15) is 0 Å². The second kappa shape index (κ2) is 7.59. The van der Waals surface area contributed by atoms with Crippen LogP contribution in [0.15, 0.2) is 134 Å². The van der Waals surface area contributed by atoms with Crippen LogP contribution in [0, 0.1) is 0 Å². The lowest BCUT2D eigenvalue weighted by Crippen LogP contribution is -2.18. The van der Waals surface area contributed by atoms with Gasteiger partial charge in [-0.25, -0.2) is 0 Å². The van der Waals surface area contributed by atoms with E-state index in [9.17, 15) is 0 Å². The van der Waals surface area contributed by atoms with Crippen molar-refractivity contribution in [2.75, 3.05) is 4.90 Å². The van der Waals surface area contributed by atoms with Gasteiger partial charge in [-0.3, -0.25) is 4.98 Å². The van der Waals surface area contributed by atoms with Gasteiger partial charge >= 0.3 is 0 Å². The SMILES string of the molecule is c1ccc(-n2c3ccccc3c3ccc4c(c5cccc6c5n4-c4ccccc4N6c4cccnc4)c32)cc1. The lowest BCUT2D eigenvalue weighted by molar-refractivity contribution is 1.11. The van der Waals surface area contributed by atoms with Crippen molar-refractivity contribution in [3.05, 3.63) is 134 Å². The largest absolute Gasteiger partial charge is 0.309 e. The highest BCUT2D eigenvalue weighted by Crippen LogP contribution is 2.51. The third-order valence-electron chi connectivity index (χ3n) is 8.09. The maximum atomic E-state index is 4.45. The Morgan fingerprint density at radius 3 is 2.05 bits per heavy atom. The van der Waals surface area contributed by atoms with Crippen LogP contribution in [-0.4, -0.2) is 14.1 Å². The van der Waals surface area contributed by atoms with Crippen LogP contribution in [0.2, 0.25) is 0 Å². The molecule has 0 bridgehead atoms. The van der Waals surface area contributed by atoms with Crippen LogP contribution in [-0.2, 0) is 0 Å². The smallest absolute Gasteiger partial charge is 0.0784 e. The van der Waals surface area contributed by atoms with Gasteiger partial charge in [-0.15, -0.1) is 0 Å². The van der Waals surface area contributed by atoms with Gasteiger partial charge in [0.05, 0.1) is 51.0 Å². The first-order chi connectivity index (χ1) is 19.4. The summed E-state index contributed by atoms with van der Waals surface area (Å²) in [6.45, 7) is 0. The zero-order chi connectivity index (χ0) is 25.5. The molecule has 8 aromatic rings. The number of nitrogens with zero attached hydrogens (tertiary/aromatic N) is 4. The highest BCUT2D eigenvalue weighted by molar-refractivity contribution is 6.28. The van der Waals surface area contributed by atoms with E-state index in [1.54, 1.807) is 0 Å². The van der Waals surface area contributed by atoms with Crippen molar-refractivity contribution in [1.29, 1.82) is 0 Å². The molecule has 4 nitrogen and oxygen atoms in total. The average Bonchev–Trinajstić information content (AvgIpc) is 3.52. The van der Waals surface area contributed by atoms with E-state index in [0.717, 1.165) is 17.1 Å². The van der Waals surface area contributed by atoms with Gasteiger partial charge in [0.2, 0.25) is 0 Å². The zero-order valence-electron chi connectivity index (χ0n) is 21.0. The summed E-state index contributed by atoms with van der Waals surface area (Å²) < 4.78 is 4.89. The van der Waals surface area contributed by atoms with Crippen molar-refractivity contribution >= 4 is 60.7 Å². The minimum Gasteiger partial charge on any atom is -0.309 e. The summed E-state index contributed by atoms with van der Waals surface area (Å²) in [5.41, 5.74) is 10.6. The van der Waals surface area contributed by atoms with E-state index in [1.165, 1.54) is 55.0 Å². The molecule has 0 saturated carbocycles. The molecule has 0 saturated heterocycles. The van der Waals surface area contributed by atoms with Crippen LogP contribution in [0.25, 0.3) is 55.0 Å². The molecule has 0 atom stereocenters. The molecule has 0 N–H and O–H groups in total. The Kier molecular flexibility index (Phi) is 4.02. The minimum absolute atomic E-state index is 1.05. The molecule has 0 aliphatic carbocycles. The molecule has 0 unspecified atom stereocenters. The molecule has 0 radical (unpaired) electrons. The molecule has 1 aliphatic heterocycles. The maximum absolute atomic E-state index is 4.45. The van der Waals surface area contributed by atoms with Crippen molar-refractivity contribution in [2.24, 2.45) is 0 Å². The van der Waals surface area contributed by atoms with Gasteiger partial charge in [0, 0.05) is 33.4 Å². The van der Waals surface area contributed by atoms with Crippen molar-refractivity contribution in [1.82, 2.24) is 14.1 Å². The van der Waals surface area contributed by atoms with Gasteiger partial charge in [-0.05, 0) is 54.6 Å². The highest BCUT2D eigenvalue weighted by atomic mass is 15.2. The van der Waals surface area contributed by atoms with Gasteiger partial charge in [0.15, 0.2) is 0 Å². The van der Waals surface area contributed by atoms with Gasteiger partial charge in [0.25, 0.3) is 0 Å². The monoisotopic (exact) mass is 498 g/mol. The number of pyridine rings is 1. The Hall–Kier alpha value is -5.35. The van der Waals surface area contributed by atoms with E-state index in [2.05, 4.69) is 134 Å². The Balaban J connectivity index is 1.53. The molecule has 1 aliphatic rings. The summed E-state index contributed by atoms with van der Waals surface area (Å²) in [6.07, 6.45) is 3.77. The van der Waals surface area contributed by atoms with Crippen LogP contribution in [0.1, 0.15) is 0 Å². The van der Waals surface area contributed by atoms with E-state index in [1.807, 2.05) is 18.5 Å². The van der Waals surface area contributed by atoms with Crippen molar-refractivity contribution in [2.45, 2.75) is 0 Å². The van der Waals surface area contributed by atoms with Gasteiger partial charge in [-0.1, -0.05) is 66.7 Å². The predicted molar refractivity (Wildman–Crippen MR) is 161 cm³/mol. The minimum atomic E-state index is 1.05. The van der Waals surface area contributed by atoms with Crippen molar-refractivity contribution in [3.8, 4) is 11.4 Å². The molecular formula is C35H22N4.